The number of rotatable bonds is 4. The molecule has 0 bridgehead atoms. The average molecular weight is 484 g/mol. The first-order valence-electron chi connectivity index (χ1n) is 8.24. The molecule has 1 aliphatic heterocycles. The van der Waals surface area contributed by atoms with Gasteiger partial charge in [-0.15, -0.1) is 5.10 Å². The lowest BCUT2D eigenvalue weighted by Crippen LogP contribution is -2.28. The van der Waals surface area contributed by atoms with Gasteiger partial charge in [0.1, 0.15) is 11.9 Å². The lowest BCUT2D eigenvalue weighted by atomic mass is 10.1. The van der Waals surface area contributed by atoms with E-state index in [1.54, 1.807) is 7.11 Å². The summed E-state index contributed by atoms with van der Waals surface area (Å²) in [5.74, 6) is 1.28. The van der Waals surface area contributed by atoms with Crippen molar-refractivity contribution in [2.75, 3.05) is 7.11 Å². The topological polar surface area (TPSA) is 34.1 Å². The molecule has 2 aliphatic rings. The molecule has 2 atom stereocenters. The second-order valence-corrected chi connectivity index (χ2v) is 8.68. The fourth-order valence-corrected chi connectivity index (χ4v) is 3.62. The summed E-state index contributed by atoms with van der Waals surface area (Å²) in [4.78, 5) is 0. The number of hydrogen-bond acceptors (Lipinski definition) is 4. The number of alkyl halides is 2. The van der Waals surface area contributed by atoms with Crippen LogP contribution >= 0.6 is 31.9 Å². The van der Waals surface area contributed by atoms with E-state index in [4.69, 9.17) is 9.47 Å². The van der Waals surface area contributed by atoms with Crippen LogP contribution in [0.25, 0.3) is 0 Å². The van der Waals surface area contributed by atoms with Crippen molar-refractivity contribution >= 4 is 37.8 Å². The fourth-order valence-electron chi connectivity index (χ4n) is 2.87. The van der Waals surface area contributed by atoms with Crippen LogP contribution in [0, 0.1) is 0 Å². The second-order valence-electron chi connectivity index (χ2n) is 6.45. The molecule has 136 valence electrons. The third-order valence-corrected chi connectivity index (χ3v) is 5.76. The highest BCUT2D eigenvalue weighted by molar-refractivity contribution is 9.10. The largest absolute Gasteiger partial charge is 0.497 e. The zero-order valence-electron chi connectivity index (χ0n) is 14.1. The van der Waals surface area contributed by atoms with Gasteiger partial charge in [0.25, 0.3) is 0 Å². The Hall–Kier alpha value is -1.60. The quantitative estimate of drug-likeness (QED) is 0.575. The van der Waals surface area contributed by atoms with Crippen LogP contribution in [-0.4, -0.2) is 28.7 Å². The minimum absolute atomic E-state index is 0.327. The Balaban J connectivity index is 1.58. The maximum Gasteiger partial charge on any atom is 0.239 e. The molecule has 1 aliphatic carbocycles. The normalized spacial score (nSPS) is 23.9. The van der Waals surface area contributed by atoms with E-state index in [2.05, 4.69) is 37.0 Å². The molecule has 0 N–H and O–H groups in total. The highest BCUT2D eigenvalue weighted by Gasteiger charge is 2.57. The van der Waals surface area contributed by atoms with E-state index in [1.165, 1.54) is 0 Å². The second kappa shape index (κ2) is 6.85. The number of halogens is 3. The molecule has 26 heavy (non-hydrogen) atoms. The Morgan fingerprint density at radius 2 is 2.00 bits per heavy atom. The average Bonchev–Trinajstić information content (AvgIpc) is 3.22. The smallest absolute Gasteiger partial charge is 0.239 e. The van der Waals surface area contributed by atoms with Gasteiger partial charge < -0.3 is 9.47 Å². The van der Waals surface area contributed by atoms with Crippen LogP contribution in [0.3, 0.4) is 0 Å². The van der Waals surface area contributed by atoms with Crippen molar-refractivity contribution in [3.63, 3.8) is 0 Å². The molecule has 0 aromatic heterocycles. The lowest BCUT2D eigenvalue weighted by molar-refractivity contribution is 0.205. The summed E-state index contributed by atoms with van der Waals surface area (Å²) in [6.45, 7) is 1.30. The molecule has 1 heterocycles. The fraction of sp³-hybridized carbons (Fsp3) is 0.316. The molecule has 2 aromatic rings. The Bertz CT molecular complexity index is 855. The maximum absolute atomic E-state index is 13.9. The molecule has 1 saturated carbocycles. The van der Waals surface area contributed by atoms with Gasteiger partial charge in [-0.05, 0) is 51.3 Å². The van der Waals surface area contributed by atoms with E-state index < -0.39 is 10.7 Å². The van der Waals surface area contributed by atoms with E-state index in [9.17, 15) is 4.39 Å². The Morgan fingerprint density at radius 3 is 2.65 bits per heavy atom. The van der Waals surface area contributed by atoms with Crippen molar-refractivity contribution in [2.24, 2.45) is 5.10 Å². The molecule has 0 radical (unpaired) electrons. The SMILES string of the molecule is COc1ccc(CN2Cc3ccc(Br)cc3C(OC3CC3(F)Br)=N2)cc1. The van der Waals surface area contributed by atoms with Crippen molar-refractivity contribution in [3.05, 3.63) is 63.6 Å². The predicted molar refractivity (Wildman–Crippen MR) is 105 cm³/mol. The summed E-state index contributed by atoms with van der Waals surface area (Å²) in [5.41, 5.74) is 3.12. The van der Waals surface area contributed by atoms with Gasteiger partial charge in [0.2, 0.25) is 10.5 Å². The zero-order valence-corrected chi connectivity index (χ0v) is 17.3. The van der Waals surface area contributed by atoms with Crippen LogP contribution in [0.2, 0.25) is 0 Å². The van der Waals surface area contributed by atoms with Crippen LogP contribution in [-0.2, 0) is 17.8 Å². The molecule has 0 spiro atoms. The molecule has 0 amide bonds. The minimum Gasteiger partial charge on any atom is -0.497 e. The van der Waals surface area contributed by atoms with Gasteiger partial charge in [0.15, 0.2) is 0 Å². The summed E-state index contributed by atoms with van der Waals surface area (Å²) in [5, 5.41) is 6.57. The van der Waals surface area contributed by atoms with Crippen molar-refractivity contribution in [2.45, 2.75) is 30.2 Å². The first-order valence-corrected chi connectivity index (χ1v) is 9.83. The summed E-state index contributed by atoms with van der Waals surface area (Å²) in [7, 11) is 1.65. The number of benzene rings is 2. The van der Waals surface area contributed by atoms with Gasteiger partial charge >= 0.3 is 0 Å². The molecule has 4 nitrogen and oxygen atoms in total. The Kier molecular flexibility index (Phi) is 4.69. The van der Waals surface area contributed by atoms with Crippen molar-refractivity contribution in [1.82, 2.24) is 5.01 Å². The van der Waals surface area contributed by atoms with E-state index >= 15 is 0 Å². The molecule has 4 rings (SSSR count). The molecular weight excluding hydrogens is 467 g/mol. The molecular formula is C19H17Br2FN2O2. The van der Waals surface area contributed by atoms with E-state index in [1.807, 2.05) is 47.5 Å². The van der Waals surface area contributed by atoms with Gasteiger partial charge in [-0.3, -0.25) is 5.01 Å². The number of methoxy groups -OCH3 is 1. The van der Waals surface area contributed by atoms with Gasteiger partial charge in [-0.25, -0.2) is 4.39 Å². The van der Waals surface area contributed by atoms with Gasteiger partial charge in [0.05, 0.1) is 20.2 Å². The van der Waals surface area contributed by atoms with Crippen LogP contribution in [0.4, 0.5) is 4.39 Å². The van der Waals surface area contributed by atoms with Gasteiger partial charge in [-0.2, -0.15) is 0 Å². The van der Waals surface area contributed by atoms with Gasteiger partial charge in [-0.1, -0.05) is 34.1 Å². The minimum atomic E-state index is -1.44. The number of hydrazone groups is 1. The lowest BCUT2D eigenvalue weighted by Gasteiger charge is -2.27. The Morgan fingerprint density at radius 1 is 1.27 bits per heavy atom. The molecule has 1 fully saturated rings. The van der Waals surface area contributed by atoms with E-state index in [0.29, 0.717) is 25.4 Å². The van der Waals surface area contributed by atoms with Crippen molar-refractivity contribution < 1.29 is 13.9 Å². The predicted octanol–water partition coefficient (Wildman–Crippen LogP) is 4.98. The highest BCUT2D eigenvalue weighted by Crippen LogP contribution is 2.49. The third kappa shape index (κ3) is 3.74. The van der Waals surface area contributed by atoms with Crippen LogP contribution in [0.1, 0.15) is 23.1 Å². The molecule has 7 heteroatoms. The molecule has 0 saturated heterocycles. The molecule has 2 unspecified atom stereocenters. The summed E-state index contributed by atoms with van der Waals surface area (Å²) >= 11 is 6.52. The van der Waals surface area contributed by atoms with Crippen LogP contribution < -0.4 is 4.74 Å². The first-order chi connectivity index (χ1) is 12.4. The van der Waals surface area contributed by atoms with E-state index in [0.717, 1.165) is 26.9 Å². The number of hydrogen-bond donors (Lipinski definition) is 0. The summed E-state index contributed by atoms with van der Waals surface area (Å²) in [6, 6.07) is 13.9. The Labute approximate surface area is 168 Å². The standard InChI is InChI=1S/C19H17Br2FN2O2/c1-25-15-6-2-12(3-7-15)10-24-11-13-4-5-14(20)8-16(13)18(23-24)26-17-9-19(17,21)22/h2-8,17H,9-11H2,1H3. The monoisotopic (exact) mass is 482 g/mol. The maximum atomic E-state index is 13.9. The zero-order chi connectivity index (χ0) is 18.3. The number of ether oxygens (including phenoxy) is 2. The summed E-state index contributed by atoms with van der Waals surface area (Å²) in [6.07, 6.45) is -0.178. The molecule has 2 aromatic carbocycles. The van der Waals surface area contributed by atoms with Crippen LogP contribution in [0.5, 0.6) is 5.75 Å². The third-order valence-electron chi connectivity index (χ3n) is 4.43. The number of fused-ring (bicyclic) bond motifs is 1. The van der Waals surface area contributed by atoms with E-state index in [-0.39, 0.29) is 0 Å². The van der Waals surface area contributed by atoms with Gasteiger partial charge in [0, 0.05) is 16.5 Å². The van der Waals surface area contributed by atoms with Crippen molar-refractivity contribution in [1.29, 1.82) is 0 Å². The van der Waals surface area contributed by atoms with Crippen molar-refractivity contribution in [3.8, 4) is 5.75 Å². The first kappa shape index (κ1) is 17.8. The van der Waals surface area contributed by atoms with Crippen LogP contribution in [0.15, 0.2) is 52.0 Å². The number of nitrogens with zero attached hydrogens (tertiary/aromatic N) is 2. The highest BCUT2D eigenvalue weighted by atomic mass is 79.9. The summed E-state index contributed by atoms with van der Waals surface area (Å²) < 4.78 is 24.4.